The zero-order valence-electron chi connectivity index (χ0n) is 14.5. The predicted molar refractivity (Wildman–Crippen MR) is 100 cm³/mol. The smallest absolute Gasteiger partial charge is 0.293 e. The van der Waals surface area contributed by atoms with Gasteiger partial charge in [-0.1, -0.05) is 6.07 Å². The fraction of sp³-hybridized carbons (Fsp3) is 0.474. The van der Waals surface area contributed by atoms with E-state index >= 15 is 0 Å². The first-order chi connectivity index (χ1) is 11.5. The van der Waals surface area contributed by atoms with Crippen LogP contribution in [0.3, 0.4) is 0 Å². The molecule has 1 aromatic rings. The molecule has 5 heteroatoms. The van der Waals surface area contributed by atoms with Gasteiger partial charge in [-0.15, -0.1) is 0 Å². The van der Waals surface area contributed by atoms with E-state index in [-0.39, 0.29) is 17.2 Å². The summed E-state index contributed by atoms with van der Waals surface area (Å²) >= 11 is 1.03. The maximum Gasteiger partial charge on any atom is 0.293 e. The van der Waals surface area contributed by atoms with E-state index in [1.807, 2.05) is 19.9 Å². The number of nitrogens with zero attached hydrogens (tertiary/aromatic N) is 2. The molecule has 0 atom stereocenters. The van der Waals surface area contributed by atoms with Crippen molar-refractivity contribution in [3.63, 3.8) is 0 Å². The van der Waals surface area contributed by atoms with Crippen molar-refractivity contribution in [1.82, 2.24) is 4.90 Å². The van der Waals surface area contributed by atoms with Crippen LogP contribution < -0.4 is 4.90 Å². The van der Waals surface area contributed by atoms with Crippen LogP contribution in [0.5, 0.6) is 0 Å². The zero-order valence-corrected chi connectivity index (χ0v) is 15.4. The summed E-state index contributed by atoms with van der Waals surface area (Å²) in [6.07, 6.45) is 5.67. The number of rotatable bonds is 3. The SMILES string of the molecule is Cc1cc(N2CCCCC2)ccc1/C=C1/SC(=O)N(C(C)C)C1=O. The third-order valence-corrected chi connectivity index (χ3v) is 5.48. The van der Waals surface area contributed by atoms with E-state index in [2.05, 4.69) is 30.0 Å². The van der Waals surface area contributed by atoms with Crippen LogP contribution in [0.15, 0.2) is 23.1 Å². The van der Waals surface area contributed by atoms with Gasteiger partial charge in [-0.2, -0.15) is 0 Å². The number of hydrogen-bond donors (Lipinski definition) is 0. The predicted octanol–water partition coefficient (Wildman–Crippen LogP) is 4.43. The molecule has 1 aromatic carbocycles. The standard InChI is InChI=1S/C19H24N2O2S/c1-13(2)21-18(22)17(24-19(21)23)12-15-7-8-16(11-14(15)3)20-9-5-4-6-10-20/h7-8,11-13H,4-6,9-10H2,1-3H3/b17-12+. The monoisotopic (exact) mass is 344 g/mol. The van der Waals surface area contributed by atoms with Crippen molar-refractivity contribution in [3.8, 4) is 0 Å². The Balaban J connectivity index is 1.83. The highest BCUT2D eigenvalue weighted by Gasteiger charge is 2.36. The van der Waals surface area contributed by atoms with E-state index in [0.717, 1.165) is 36.0 Å². The van der Waals surface area contributed by atoms with Crippen molar-refractivity contribution >= 4 is 34.7 Å². The number of hydrogen-bond acceptors (Lipinski definition) is 4. The lowest BCUT2D eigenvalue weighted by molar-refractivity contribution is -0.123. The molecule has 0 aliphatic carbocycles. The molecule has 24 heavy (non-hydrogen) atoms. The van der Waals surface area contributed by atoms with Gasteiger partial charge in [-0.3, -0.25) is 14.5 Å². The molecule has 4 nitrogen and oxygen atoms in total. The Morgan fingerprint density at radius 3 is 2.42 bits per heavy atom. The molecular formula is C19H24N2O2S. The fourth-order valence-electron chi connectivity index (χ4n) is 3.24. The first-order valence-electron chi connectivity index (χ1n) is 8.60. The number of thioether (sulfide) groups is 1. The van der Waals surface area contributed by atoms with Crippen molar-refractivity contribution in [1.29, 1.82) is 0 Å². The third-order valence-electron chi connectivity index (χ3n) is 4.60. The Morgan fingerprint density at radius 1 is 1.12 bits per heavy atom. The van der Waals surface area contributed by atoms with Gasteiger partial charge in [0.15, 0.2) is 0 Å². The van der Waals surface area contributed by atoms with Crippen LogP contribution in [-0.2, 0) is 4.79 Å². The lowest BCUT2D eigenvalue weighted by Gasteiger charge is -2.29. The van der Waals surface area contributed by atoms with Crippen molar-refractivity contribution in [2.75, 3.05) is 18.0 Å². The molecule has 2 amide bonds. The number of amides is 2. The van der Waals surface area contributed by atoms with E-state index in [4.69, 9.17) is 0 Å². The van der Waals surface area contributed by atoms with Gasteiger partial charge < -0.3 is 4.90 Å². The van der Waals surface area contributed by atoms with Crippen LogP contribution >= 0.6 is 11.8 Å². The van der Waals surface area contributed by atoms with Gasteiger partial charge in [0.2, 0.25) is 0 Å². The Morgan fingerprint density at radius 2 is 1.83 bits per heavy atom. The second kappa shape index (κ2) is 7.01. The number of carbonyl (C=O) groups is 2. The van der Waals surface area contributed by atoms with Gasteiger partial charge in [-0.25, -0.2) is 0 Å². The summed E-state index contributed by atoms with van der Waals surface area (Å²) in [5, 5.41) is -0.177. The molecule has 2 aliphatic rings. The van der Waals surface area contributed by atoms with Gasteiger partial charge in [0.05, 0.1) is 4.91 Å². The number of aryl methyl sites for hydroxylation is 1. The minimum absolute atomic E-state index is 0.106. The molecule has 2 saturated heterocycles. The average molecular weight is 344 g/mol. The summed E-state index contributed by atoms with van der Waals surface area (Å²) in [7, 11) is 0. The van der Waals surface area contributed by atoms with Crippen molar-refractivity contribution in [2.24, 2.45) is 0 Å². The summed E-state index contributed by atoms with van der Waals surface area (Å²) in [6.45, 7) is 8.01. The molecular weight excluding hydrogens is 320 g/mol. The quantitative estimate of drug-likeness (QED) is 0.761. The van der Waals surface area contributed by atoms with Gasteiger partial charge in [0.25, 0.3) is 11.1 Å². The van der Waals surface area contributed by atoms with Gasteiger partial charge >= 0.3 is 0 Å². The van der Waals surface area contributed by atoms with Gasteiger partial charge in [0.1, 0.15) is 0 Å². The van der Waals surface area contributed by atoms with Crippen LogP contribution in [0.4, 0.5) is 10.5 Å². The maximum atomic E-state index is 12.4. The van der Waals surface area contributed by atoms with E-state index in [9.17, 15) is 9.59 Å². The normalized spacial score (nSPS) is 20.6. The van der Waals surface area contributed by atoms with Crippen LogP contribution in [0.25, 0.3) is 6.08 Å². The van der Waals surface area contributed by atoms with Crippen LogP contribution in [0.1, 0.15) is 44.2 Å². The fourth-order valence-corrected chi connectivity index (χ4v) is 4.19. The molecule has 0 bridgehead atoms. The van der Waals surface area contributed by atoms with E-state index in [0.29, 0.717) is 4.91 Å². The Hall–Kier alpha value is -1.75. The highest BCUT2D eigenvalue weighted by atomic mass is 32.2. The number of imide groups is 1. The summed E-state index contributed by atoms with van der Waals surface area (Å²) < 4.78 is 0. The van der Waals surface area contributed by atoms with Crippen molar-refractivity contribution in [2.45, 2.75) is 46.1 Å². The minimum atomic E-state index is -0.181. The molecule has 0 aromatic heterocycles. The number of benzene rings is 1. The summed E-state index contributed by atoms with van der Waals surface area (Å²) in [6, 6.07) is 6.26. The Labute approximate surface area is 147 Å². The van der Waals surface area contributed by atoms with E-state index in [1.54, 1.807) is 0 Å². The first-order valence-corrected chi connectivity index (χ1v) is 9.41. The molecule has 0 radical (unpaired) electrons. The highest BCUT2D eigenvalue weighted by Crippen LogP contribution is 2.34. The van der Waals surface area contributed by atoms with Crippen molar-refractivity contribution < 1.29 is 9.59 Å². The number of piperidine rings is 1. The largest absolute Gasteiger partial charge is 0.372 e. The van der Waals surface area contributed by atoms with Gasteiger partial charge in [-0.05, 0) is 81.1 Å². The summed E-state index contributed by atoms with van der Waals surface area (Å²) in [5.74, 6) is -0.181. The lowest BCUT2D eigenvalue weighted by Crippen LogP contribution is -2.34. The topological polar surface area (TPSA) is 40.6 Å². The maximum absolute atomic E-state index is 12.4. The number of carbonyl (C=O) groups excluding carboxylic acids is 2. The number of anilines is 1. The van der Waals surface area contributed by atoms with Crippen LogP contribution in [-0.4, -0.2) is 35.2 Å². The highest BCUT2D eigenvalue weighted by molar-refractivity contribution is 8.18. The molecule has 0 N–H and O–H groups in total. The molecule has 0 saturated carbocycles. The van der Waals surface area contributed by atoms with Crippen LogP contribution in [0, 0.1) is 6.92 Å². The minimum Gasteiger partial charge on any atom is -0.372 e. The molecule has 0 spiro atoms. The second-order valence-electron chi connectivity index (χ2n) is 6.73. The average Bonchev–Trinajstić information content (AvgIpc) is 2.84. The molecule has 2 fully saturated rings. The van der Waals surface area contributed by atoms with Crippen LogP contribution in [0.2, 0.25) is 0 Å². The molecule has 0 unspecified atom stereocenters. The Kier molecular flexibility index (Phi) is 4.99. The summed E-state index contributed by atoms with van der Waals surface area (Å²) in [4.78, 5) is 28.7. The molecule has 2 heterocycles. The van der Waals surface area contributed by atoms with E-state index in [1.165, 1.54) is 29.8 Å². The Bertz CT molecular complexity index is 691. The molecule has 3 rings (SSSR count). The third kappa shape index (κ3) is 3.36. The lowest BCUT2D eigenvalue weighted by atomic mass is 10.0. The van der Waals surface area contributed by atoms with E-state index < -0.39 is 0 Å². The first kappa shape index (κ1) is 17.1. The van der Waals surface area contributed by atoms with Crippen molar-refractivity contribution in [3.05, 3.63) is 34.2 Å². The molecule has 2 aliphatic heterocycles. The second-order valence-corrected chi connectivity index (χ2v) is 7.73. The van der Waals surface area contributed by atoms with Gasteiger partial charge in [0, 0.05) is 24.8 Å². The zero-order chi connectivity index (χ0) is 17.3. The summed E-state index contributed by atoms with van der Waals surface area (Å²) in [5.41, 5.74) is 3.39. The molecule has 128 valence electrons.